The number of ketones is 1. The molecule has 6 heteroatoms. The second-order valence-electron chi connectivity index (χ2n) is 6.16. The number of hydrogen-bond acceptors (Lipinski definition) is 5. The highest BCUT2D eigenvalue weighted by Gasteiger charge is 2.36. The molecular weight excluding hydrogens is 310 g/mol. The van der Waals surface area contributed by atoms with Gasteiger partial charge in [-0.3, -0.25) is 4.79 Å². The van der Waals surface area contributed by atoms with Gasteiger partial charge in [-0.05, 0) is 49.9 Å². The Kier molecular flexibility index (Phi) is 3.85. The molecule has 2 aliphatic rings. The first-order valence-electron chi connectivity index (χ1n) is 8.01. The number of carbonyl (C=O) groups is 1. The number of Topliss-reactive ketones (excluding diaryl/α,β-unsaturated/α-hetero) is 1. The van der Waals surface area contributed by atoms with Crippen molar-refractivity contribution >= 4 is 17.5 Å². The van der Waals surface area contributed by atoms with E-state index in [1.165, 1.54) is 37.4 Å². The minimum absolute atomic E-state index is 0.107. The zero-order valence-corrected chi connectivity index (χ0v) is 13.9. The smallest absolute Gasteiger partial charge is 0.191 e. The van der Waals surface area contributed by atoms with E-state index in [1.807, 2.05) is 24.3 Å². The van der Waals surface area contributed by atoms with Crippen LogP contribution in [0.25, 0.3) is 0 Å². The second-order valence-corrected chi connectivity index (χ2v) is 7.10. The van der Waals surface area contributed by atoms with Crippen molar-refractivity contribution in [2.45, 2.75) is 42.8 Å². The highest BCUT2D eigenvalue weighted by Crippen LogP contribution is 2.46. The molecule has 23 heavy (non-hydrogen) atoms. The Morgan fingerprint density at radius 1 is 1.22 bits per heavy atom. The number of aromatic nitrogens is 3. The summed E-state index contributed by atoms with van der Waals surface area (Å²) in [5.41, 5.74) is 0.707. The zero-order valence-electron chi connectivity index (χ0n) is 13.1. The number of thioether (sulfide) groups is 1. The Labute approximate surface area is 139 Å². The molecular formula is C17H19N3O2S. The molecule has 1 aromatic carbocycles. The van der Waals surface area contributed by atoms with Crippen LogP contribution in [-0.2, 0) is 0 Å². The largest absolute Gasteiger partial charge is 0.497 e. The Hall–Kier alpha value is -1.82. The highest BCUT2D eigenvalue weighted by molar-refractivity contribution is 7.99. The van der Waals surface area contributed by atoms with Crippen molar-refractivity contribution in [2.75, 3.05) is 12.9 Å². The Morgan fingerprint density at radius 3 is 2.57 bits per heavy atom. The van der Waals surface area contributed by atoms with Gasteiger partial charge in [0.25, 0.3) is 0 Å². The van der Waals surface area contributed by atoms with Crippen LogP contribution in [0.2, 0.25) is 0 Å². The van der Waals surface area contributed by atoms with Crippen LogP contribution in [0.3, 0.4) is 0 Å². The average molecular weight is 329 g/mol. The van der Waals surface area contributed by atoms with E-state index in [-0.39, 0.29) is 5.78 Å². The maximum absolute atomic E-state index is 12.3. The molecule has 0 radical (unpaired) electrons. The van der Waals surface area contributed by atoms with E-state index in [9.17, 15) is 4.79 Å². The molecule has 120 valence electrons. The fraction of sp³-hybridized carbons (Fsp3) is 0.471. The molecule has 0 aliphatic heterocycles. The van der Waals surface area contributed by atoms with E-state index >= 15 is 0 Å². The van der Waals surface area contributed by atoms with E-state index in [2.05, 4.69) is 14.8 Å². The molecule has 0 N–H and O–H groups in total. The molecule has 0 atom stereocenters. The lowest BCUT2D eigenvalue weighted by Crippen LogP contribution is -2.06. The van der Waals surface area contributed by atoms with Gasteiger partial charge in [0.05, 0.1) is 12.9 Å². The highest BCUT2D eigenvalue weighted by atomic mass is 32.2. The summed E-state index contributed by atoms with van der Waals surface area (Å²) >= 11 is 1.50. The van der Waals surface area contributed by atoms with Gasteiger partial charge < -0.3 is 9.30 Å². The van der Waals surface area contributed by atoms with Crippen molar-refractivity contribution in [3.05, 3.63) is 35.7 Å². The number of ether oxygens (including phenoxy) is 1. The van der Waals surface area contributed by atoms with Gasteiger partial charge in [0.2, 0.25) is 0 Å². The normalized spacial score (nSPS) is 17.3. The monoisotopic (exact) mass is 329 g/mol. The van der Waals surface area contributed by atoms with E-state index in [4.69, 9.17) is 4.74 Å². The van der Waals surface area contributed by atoms with Gasteiger partial charge in [0.1, 0.15) is 11.6 Å². The van der Waals surface area contributed by atoms with Crippen LogP contribution in [0, 0.1) is 0 Å². The van der Waals surface area contributed by atoms with Gasteiger partial charge in [-0.15, -0.1) is 10.2 Å². The summed E-state index contributed by atoms with van der Waals surface area (Å²) in [6.45, 7) is 0. The molecule has 0 saturated heterocycles. The van der Waals surface area contributed by atoms with E-state index < -0.39 is 0 Å². The Morgan fingerprint density at radius 2 is 1.96 bits per heavy atom. The molecule has 0 amide bonds. The standard InChI is InChI=1S/C17H19N3O2S/c1-22-14-8-4-11(5-9-14)15(21)10-23-17-19-18-16(12-2-3-12)20(17)13-6-7-13/h4-5,8-9,12-13H,2-3,6-7,10H2,1H3. The first kappa shape index (κ1) is 14.8. The van der Waals surface area contributed by atoms with Crippen LogP contribution in [-0.4, -0.2) is 33.4 Å². The summed E-state index contributed by atoms with van der Waals surface area (Å²) in [5.74, 6) is 2.98. The topological polar surface area (TPSA) is 57.0 Å². The molecule has 5 nitrogen and oxygen atoms in total. The zero-order chi connectivity index (χ0) is 15.8. The molecule has 0 unspecified atom stereocenters. The number of hydrogen-bond donors (Lipinski definition) is 0. The van der Waals surface area contributed by atoms with Gasteiger partial charge in [-0.25, -0.2) is 0 Å². The number of benzene rings is 1. The van der Waals surface area contributed by atoms with Crippen LogP contribution < -0.4 is 4.74 Å². The summed E-state index contributed by atoms with van der Waals surface area (Å²) in [4.78, 5) is 12.3. The quantitative estimate of drug-likeness (QED) is 0.575. The summed E-state index contributed by atoms with van der Waals surface area (Å²) in [6, 6.07) is 7.80. The molecule has 2 aliphatic carbocycles. The molecule has 1 aromatic heterocycles. The fourth-order valence-electron chi connectivity index (χ4n) is 2.67. The first-order chi connectivity index (χ1) is 11.3. The number of nitrogens with zero attached hydrogens (tertiary/aromatic N) is 3. The molecule has 2 aromatic rings. The number of carbonyl (C=O) groups excluding carboxylic acids is 1. The maximum atomic E-state index is 12.3. The van der Waals surface area contributed by atoms with Crippen molar-refractivity contribution in [2.24, 2.45) is 0 Å². The van der Waals surface area contributed by atoms with Crippen LogP contribution >= 0.6 is 11.8 Å². The van der Waals surface area contributed by atoms with Crippen molar-refractivity contribution in [1.29, 1.82) is 0 Å². The fourth-order valence-corrected chi connectivity index (χ4v) is 3.58. The Balaban J connectivity index is 1.45. The average Bonchev–Trinajstić information content (AvgIpc) is 3.51. The third kappa shape index (κ3) is 3.13. The lowest BCUT2D eigenvalue weighted by Gasteiger charge is -2.08. The predicted molar refractivity (Wildman–Crippen MR) is 88.3 cm³/mol. The molecule has 0 spiro atoms. The maximum Gasteiger partial charge on any atom is 0.191 e. The van der Waals surface area contributed by atoms with Crippen molar-refractivity contribution in [3.8, 4) is 5.75 Å². The van der Waals surface area contributed by atoms with Crippen molar-refractivity contribution in [1.82, 2.24) is 14.8 Å². The SMILES string of the molecule is COc1ccc(C(=O)CSc2nnc(C3CC3)n2C2CC2)cc1. The van der Waals surface area contributed by atoms with Crippen molar-refractivity contribution < 1.29 is 9.53 Å². The minimum Gasteiger partial charge on any atom is -0.497 e. The van der Waals surface area contributed by atoms with Gasteiger partial charge in [-0.2, -0.15) is 0 Å². The summed E-state index contributed by atoms with van der Waals surface area (Å²) in [7, 11) is 1.62. The summed E-state index contributed by atoms with van der Waals surface area (Å²) in [6.07, 6.45) is 4.86. The molecule has 0 bridgehead atoms. The minimum atomic E-state index is 0.107. The third-order valence-electron chi connectivity index (χ3n) is 4.29. The molecule has 2 fully saturated rings. The predicted octanol–water partition coefficient (Wildman–Crippen LogP) is 3.47. The second kappa shape index (κ2) is 6.00. The van der Waals surface area contributed by atoms with Crippen LogP contribution in [0.5, 0.6) is 5.75 Å². The Bertz CT molecular complexity index is 718. The van der Waals surface area contributed by atoms with Crippen LogP contribution in [0.15, 0.2) is 29.4 Å². The van der Waals surface area contributed by atoms with Crippen molar-refractivity contribution in [3.63, 3.8) is 0 Å². The molecule has 4 rings (SSSR count). The van der Waals surface area contributed by atoms with E-state index in [0.717, 1.165) is 16.7 Å². The molecule has 2 saturated carbocycles. The number of rotatable bonds is 7. The lowest BCUT2D eigenvalue weighted by atomic mass is 10.1. The van der Waals surface area contributed by atoms with Gasteiger partial charge in [-0.1, -0.05) is 11.8 Å². The van der Waals surface area contributed by atoms with E-state index in [0.29, 0.717) is 23.3 Å². The first-order valence-corrected chi connectivity index (χ1v) is 8.99. The summed E-state index contributed by atoms with van der Waals surface area (Å²) in [5, 5.41) is 9.61. The van der Waals surface area contributed by atoms with Gasteiger partial charge >= 0.3 is 0 Å². The van der Waals surface area contributed by atoms with Crippen LogP contribution in [0.4, 0.5) is 0 Å². The summed E-state index contributed by atoms with van der Waals surface area (Å²) < 4.78 is 7.40. The van der Waals surface area contributed by atoms with Crippen LogP contribution in [0.1, 0.15) is 53.8 Å². The third-order valence-corrected chi connectivity index (χ3v) is 5.23. The molecule has 1 heterocycles. The van der Waals surface area contributed by atoms with Gasteiger partial charge in [0, 0.05) is 17.5 Å². The lowest BCUT2D eigenvalue weighted by molar-refractivity contribution is 0.102. The van der Waals surface area contributed by atoms with Gasteiger partial charge in [0.15, 0.2) is 10.9 Å². The number of methoxy groups -OCH3 is 1. The van der Waals surface area contributed by atoms with E-state index in [1.54, 1.807) is 7.11 Å².